The number of rotatable bonds is 8. The summed E-state index contributed by atoms with van der Waals surface area (Å²) in [5, 5.41) is 2.13. The van der Waals surface area contributed by atoms with E-state index in [1.54, 1.807) is 0 Å². The molecule has 0 radical (unpaired) electrons. The fraction of sp³-hybridized carbons (Fsp3) is 0.412. The van der Waals surface area contributed by atoms with Crippen molar-refractivity contribution in [1.29, 1.82) is 0 Å². The smallest absolute Gasteiger partial charge is 0.124 e. The molecule has 0 amide bonds. The number of nitrogens with two attached hydrogens (primary N) is 1. The molecule has 0 aliphatic rings. The highest BCUT2D eigenvalue weighted by atomic mass is 32.1. The second kappa shape index (κ2) is 8.17. The van der Waals surface area contributed by atoms with Gasteiger partial charge in [0.05, 0.1) is 12.6 Å². The van der Waals surface area contributed by atoms with Crippen molar-refractivity contribution < 1.29 is 4.74 Å². The van der Waals surface area contributed by atoms with Gasteiger partial charge in [-0.05, 0) is 37.9 Å². The van der Waals surface area contributed by atoms with Crippen LogP contribution in [0, 0.1) is 0 Å². The molecule has 114 valence electrons. The van der Waals surface area contributed by atoms with Gasteiger partial charge in [-0.1, -0.05) is 24.3 Å². The van der Waals surface area contributed by atoms with Crippen molar-refractivity contribution in [2.45, 2.75) is 19.4 Å². The summed E-state index contributed by atoms with van der Waals surface area (Å²) in [4.78, 5) is 3.73. The predicted octanol–water partition coefficient (Wildman–Crippen LogP) is 3.32. The second-order valence-corrected chi connectivity index (χ2v) is 6.06. The van der Waals surface area contributed by atoms with Crippen molar-refractivity contribution in [2.75, 3.05) is 26.7 Å². The third kappa shape index (κ3) is 4.30. The van der Waals surface area contributed by atoms with Crippen molar-refractivity contribution in [3.8, 4) is 5.75 Å². The van der Waals surface area contributed by atoms with Crippen LogP contribution in [0.25, 0.3) is 0 Å². The average Bonchev–Trinajstić information content (AvgIpc) is 3.01. The Kier molecular flexibility index (Phi) is 6.23. The van der Waals surface area contributed by atoms with E-state index in [9.17, 15) is 0 Å². The van der Waals surface area contributed by atoms with Crippen LogP contribution in [-0.2, 0) is 6.42 Å². The Morgan fingerprint density at radius 2 is 2.05 bits per heavy atom. The Morgan fingerprint density at radius 3 is 2.71 bits per heavy atom. The van der Waals surface area contributed by atoms with Gasteiger partial charge >= 0.3 is 0 Å². The Bertz CT molecular complexity index is 527. The summed E-state index contributed by atoms with van der Waals surface area (Å²) in [5.41, 5.74) is 7.20. The van der Waals surface area contributed by atoms with E-state index >= 15 is 0 Å². The van der Waals surface area contributed by atoms with Gasteiger partial charge in [0.1, 0.15) is 5.75 Å². The number of hydrogen-bond acceptors (Lipinski definition) is 4. The summed E-state index contributed by atoms with van der Waals surface area (Å²) in [6, 6.07) is 12.7. The van der Waals surface area contributed by atoms with Crippen LogP contribution in [0.5, 0.6) is 5.75 Å². The summed E-state index contributed by atoms with van der Waals surface area (Å²) in [6.07, 6.45) is 1.06. The molecule has 0 aliphatic carbocycles. The fourth-order valence-electron chi connectivity index (χ4n) is 2.48. The predicted molar refractivity (Wildman–Crippen MR) is 90.1 cm³/mol. The standard InChI is InChI=1S/C17H24N2OS/c1-3-20-17-9-5-4-8-15(17)16(13-18)19(2)11-10-14-7-6-12-21-14/h4-9,12,16H,3,10-11,13,18H2,1-2H3. The van der Waals surface area contributed by atoms with Crippen LogP contribution < -0.4 is 10.5 Å². The van der Waals surface area contributed by atoms with Crippen LogP contribution in [0.3, 0.4) is 0 Å². The number of likely N-dealkylation sites (N-methyl/N-ethyl adjacent to an activating group) is 1. The van der Waals surface area contributed by atoms with Crippen molar-refractivity contribution in [2.24, 2.45) is 5.73 Å². The third-order valence-corrected chi connectivity index (χ3v) is 4.56. The lowest BCUT2D eigenvalue weighted by molar-refractivity contribution is 0.243. The van der Waals surface area contributed by atoms with E-state index in [4.69, 9.17) is 10.5 Å². The lowest BCUT2D eigenvalue weighted by Crippen LogP contribution is -2.32. The van der Waals surface area contributed by atoms with Crippen molar-refractivity contribution in [3.05, 3.63) is 52.2 Å². The molecular weight excluding hydrogens is 280 g/mol. The fourth-order valence-corrected chi connectivity index (χ4v) is 3.18. The molecule has 2 aromatic rings. The van der Waals surface area contributed by atoms with Gasteiger partial charge in [-0.25, -0.2) is 0 Å². The maximum Gasteiger partial charge on any atom is 0.124 e. The maximum atomic E-state index is 6.03. The first-order chi connectivity index (χ1) is 10.3. The van der Waals surface area contributed by atoms with Crippen molar-refractivity contribution in [3.63, 3.8) is 0 Å². The van der Waals surface area contributed by atoms with Gasteiger partial charge in [-0.3, -0.25) is 4.90 Å². The highest BCUT2D eigenvalue weighted by Gasteiger charge is 2.19. The Labute approximate surface area is 131 Å². The van der Waals surface area contributed by atoms with E-state index in [0.717, 1.165) is 18.7 Å². The molecule has 0 bridgehead atoms. The molecular formula is C17H24N2OS. The van der Waals surface area contributed by atoms with Crippen LogP contribution in [0.2, 0.25) is 0 Å². The molecule has 21 heavy (non-hydrogen) atoms. The molecule has 0 fully saturated rings. The number of ether oxygens (including phenoxy) is 1. The summed E-state index contributed by atoms with van der Waals surface area (Å²) >= 11 is 1.81. The van der Waals surface area contributed by atoms with Gasteiger partial charge < -0.3 is 10.5 Å². The SMILES string of the molecule is CCOc1ccccc1C(CN)N(C)CCc1cccs1. The van der Waals surface area contributed by atoms with Crippen LogP contribution in [0.1, 0.15) is 23.4 Å². The molecule has 0 saturated carbocycles. The van der Waals surface area contributed by atoms with Crippen LogP contribution >= 0.6 is 11.3 Å². The quantitative estimate of drug-likeness (QED) is 0.813. The molecule has 4 heteroatoms. The average molecular weight is 304 g/mol. The molecule has 1 aromatic heterocycles. The molecule has 1 aromatic carbocycles. The molecule has 1 heterocycles. The summed E-state index contributed by atoms with van der Waals surface area (Å²) in [7, 11) is 2.13. The zero-order valence-corrected chi connectivity index (χ0v) is 13.6. The zero-order valence-electron chi connectivity index (χ0n) is 12.8. The topological polar surface area (TPSA) is 38.5 Å². The molecule has 1 unspecified atom stereocenters. The number of hydrogen-bond donors (Lipinski definition) is 1. The first-order valence-electron chi connectivity index (χ1n) is 7.40. The minimum atomic E-state index is 0.188. The maximum absolute atomic E-state index is 6.03. The Hall–Kier alpha value is -1.36. The van der Waals surface area contributed by atoms with Gasteiger partial charge in [0.25, 0.3) is 0 Å². The highest BCUT2D eigenvalue weighted by molar-refractivity contribution is 7.09. The van der Waals surface area contributed by atoms with Gasteiger partial charge in [0.2, 0.25) is 0 Å². The molecule has 2 rings (SSSR count). The first-order valence-corrected chi connectivity index (χ1v) is 8.28. The number of nitrogens with zero attached hydrogens (tertiary/aromatic N) is 1. The minimum Gasteiger partial charge on any atom is -0.494 e. The molecule has 0 saturated heterocycles. The van der Waals surface area contributed by atoms with Crippen molar-refractivity contribution in [1.82, 2.24) is 4.90 Å². The van der Waals surface area contributed by atoms with Crippen LogP contribution in [0.15, 0.2) is 41.8 Å². The van der Waals surface area contributed by atoms with E-state index in [1.165, 1.54) is 10.4 Å². The van der Waals surface area contributed by atoms with E-state index in [-0.39, 0.29) is 6.04 Å². The molecule has 1 atom stereocenters. The number of benzene rings is 1. The molecule has 0 spiro atoms. The Morgan fingerprint density at radius 1 is 1.24 bits per heavy atom. The minimum absolute atomic E-state index is 0.188. The number of thiophene rings is 1. The van der Waals surface area contributed by atoms with E-state index in [1.807, 2.05) is 36.5 Å². The summed E-state index contributed by atoms with van der Waals surface area (Å²) < 4.78 is 5.74. The van der Waals surface area contributed by atoms with Gasteiger partial charge in [0.15, 0.2) is 0 Å². The highest BCUT2D eigenvalue weighted by Crippen LogP contribution is 2.28. The Balaban J connectivity index is 2.07. The van der Waals surface area contributed by atoms with Crippen LogP contribution in [-0.4, -0.2) is 31.6 Å². The summed E-state index contributed by atoms with van der Waals surface area (Å²) in [5.74, 6) is 0.943. The van der Waals surface area contributed by atoms with Crippen molar-refractivity contribution >= 4 is 11.3 Å². The zero-order chi connectivity index (χ0) is 15.1. The van der Waals surface area contributed by atoms with Gasteiger partial charge in [-0.2, -0.15) is 0 Å². The third-order valence-electron chi connectivity index (χ3n) is 3.62. The second-order valence-electron chi connectivity index (χ2n) is 5.03. The largest absolute Gasteiger partial charge is 0.494 e. The molecule has 0 aliphatic heterocycles. The lowest BCUT2D eigenvalue weighted by Gasteiger charge is -2.28. The van der Waals surface area contributed by atoms with Gasteiger partial charge in [0, 0.05) is 23.5 Å². The number of para-hydroxylation sites is 1. The summed E-state index contributed by atoms with van der Waals surface area (Å²) in [6.45, 7) is 4.26. The monoisotopic (exact) mass is 304 g/mol. The van der Waals surface area contributed by atoms with Crippen LogP contribution in [0.4, 0.5) is 0 Å². The lowest BCUT2D eigenvalue weighted by atomic mass is 10.0. The van der Waals surface area contributed by atoms with E-state index in [2.05, 4.69) is 35.5 Å². The van der Waals surface area contributed by atoms with E-state index < -0.39 is 0 Å². The first kappa shape index (κ1) is 16.0. The molecule has 2 N–H and O–H groups in total. The molecule has 3 nitrogen and oxygen atoms in total. The normalized spacial score (nSPS) is 12.6. The van der Waals surface area contributed by atoms with E-state index in [0.29, 0.717) is 13.2 Å². The van der Waals surface area contributed by atoms with Gasteiger partial charge in [-0.15, -0.1) is 11.3 Å².